The lowest BCUT2D eigenvalue weighted by atomic mass is 10.4. The maximum atomic E-state index is 4.46. The van der Waals surface area contributed by atoms with Crippen LogP contribution in [0.2, 0.25) is 0 Å². The second kappa shape index (κ2) is 8.27. The van der Waals surface area contributed by atoms with Gasteiger partial charge >= 0.3 is 0 Å². The van der Waals surface area contributed by atoms with Gasteiger partial charge in [-0.15, -0.1) is 0 Å². The van der Waals surface area contributed by atoms with E-state index in [9.17, 15) is 0 Å². The maximum absolute atomic E-state index is 4.46. The molecule has 0 unspecified atom stereocenters. The van der Waals surface area contributed by atoms with Crippen LogP contribution in [0.4, 0.5) is 0 Å². The van der Waals surface area contributed by atoms with E-state index in [1.54, 1.807) is 4.68 Å². The quantitative estimate of drug-likeness (QED) is 0.340. The highest BCUT2D eigenvalue weighted by molar-refractivity contribution is 5.79. The second-order valence-corrected chi connectivity index (χ2v) is 3.78. The van der Waals surface area contributed by atoms with Crippen LogP contribution in [-0.4, -0.2) is 33.8 Å². The molecule has 0 saturated carbocycles. The lowest BCUT2D eigenvalue weighted by Crippen LogP contribution is -2.37. The predicted octanol–water partition coefficient (Wildman–Crippen LogP) is 0.836. The van der Waals surface area contributed by atoms with E-state index < -0.39 is 0 Å². The number of rotatable bonds is 6. The molecule has 0 aliphatic rings. The molecule has 18 heavy (non-hydrogen) atoms. The van der Waals surface area contributed by atoms with Crippen molar-refractivity contribution >= 4 is 5.96 Å². The summed E-state index contributed by atoms with van der Waals surface area (Å²) >= 11 is 0. The molecular weight excluding hydrogens is 228 g/mol. The lowest BCUT2D eigenvalue weighted by molar-refractivity contribution is 0.697. The molecule has 0 amide bonds. The van der Waals surface area contributed by atoms with Crippen LogP contribution >= 0.6 is 0 Å². The van der Waals surface area contributed by atoms with Crippen molar-refractivity contribution in [2.45, 2.75) is 26.8 Å². The summed E-state index contributed by atoms with van der Waals surface area (Å²) in [5.41, 5.74) is 0. The molecule has 0 radical (unpaired) electrons. The number of aliphatic imine (C=N–C) groups is 1. The van der Waals surface area contributed by atoms with Gasteiger partial charge in [0, 0.05) is 20.1 Å². The number of aryl methyl sites for hydroxylation is 1. The van der Waals surface area contributed by atoms with Crippen molar-refractivity contribution in [2.75, 3.05) is 13.1 Å². The van der Waals surface area contributed by atoms with Crippen molar-refractivity contribution in [1.29, 1.82) is 0 Å². The van der Waals surface area contributed by atoms with Gasteiger partial charge in [-0.3, -0.25) is 4.68 Å². The Morgan fingerprint density at radius 2 is 2.33 bits per heavy atom. The summed E-state index contributed by atoms with van der Waals surface area (Å²) in [6.45, 7) is 6.30. The van der Waals surface area contributed by atoms with Gasteiger partial charge < -0.3 is 10.6 Å². The van der Waals surface area contributed by atoms with E-state index in [0.29, 0.717) is 6.54 Å². The van der Waals surface area contributed by atoms with E-state index in [1.165, 1.54) is 6.33 Å². The Morgan fingerprint density at radius 3 is 2.94 bits per heavy atom. The number of nitrogens with zero attached hydrogens (tertiary/aromatic N) is 4. The number of aromatic nitrogens is 3. The van der Waals surface area contributed by atoms with Gasteiger partial charge in [-0.05, 0) is 20.3 Å². The first-order valence-corrected chi connectivity index (χ1v) is 6.24. The molecule has 0 aliphatic heterocycles. The van der Waals surface area contributed by atoms with Gasteiger partial charge in [-0.2, -0.15) is 5.10 Å². The smallest absolute Gasteiger partial charge is 0.191 e. The lowest BCUT2D eigenvalue weighted by Gasteiger charge is -2.09. The van der Waals surface area contributed by atoms with Gasteiger partial charge in [0.25, 0.3) is 0 Å². The van der Waals surface area contributed by atoms with Crippen molar-refractivity contribution in [3.63, 3.8) is 0 Å². The SMILES string of the molecule is CC=CCCNC(=NCc1ncnn1C)NCC. The molecule has 6 nitrogen and oxygen atoms in total. The van der Waals surface area contributed by atoms with Crippen molar-refractivity contribution in [3.05, 3.63) is 24.3 Å². The zero-order valence-electron chi connectivity index (χ0n) is 11.3. The Labute approximate surface area is 108 Å². The predicted molar refractivity (Wildman–Crippen MR) is 73.3 cm³/mol. The fourth-order valence-electron chi connectivity index (χ4n) is 1.40. The monoisotopic (exact) mass is 250 g/mol. The summed E-state index contributed by atoms with van der Waals surface area (Å²) < 4.78 is 1.73. The van der Waals surface area contributed by atoms with Crippen LogP contribution in [0.3, 0.4) is 0 Å². The summed E-state index contributed by atoms with van der Waals surface area (Å²) in [6.07, 6.45) is 6.70. The van der Waals surface area contributed by atoms with Gasteiger partial charge in [0.2, 0.25) is 0 Å². The average Bonchev–Trinajstić information content (AvgIpc) is 2.77. The third-order valence-corrected chi connectivity index (χ3v) is 2.37. The minimum atomic E-state index is 0.523. The summed E-state index contributed by atoms with van der Waals surface area (Å²) in [5.74, 6) is 1.66. The van der Waals surface area contributed by atoms with Crippen LogP contribution in [0, 0.1) is 0 Å². The van der Waals surface area contributed by atoms with Crippen LogP contribution in [-0.2, 0) is 13.6 Å². The Balaban J connectivity index is 2.47. The number of guanidine groups is 1. The molecule has 6 heteroatoms. The van der Waals surface area contributed by atoms with Crippen molar-refractivity contribution in [2.24, 2.45) is 12.0 Å². The maximum Gasteiger partial charge on any atom is 0.191 e. The van der Waals surface area contributed by atoms with E-state index >= 15 is 0 Å². The number of hydrogen-bond acceptors (Lipinski definition) is 3. The first kappa shape index (κ1) is 14.2. The van der Waals surface area contributed by atoms with Crippen LogP contribution in [0.5, 0.6) is 0 Å². The highest BCUT2D eigenvalue weighted by Crippen LogP contribution is 1.93. The molecule has 0 aromatic carbocycles. The van der Waals surface area contributed by atoms with E-state index in [1.807, 2.05) is 27.0 Å². The fraction of sp³-hybridized carbons (Fsp3) is 0.583. The topological polar surface area (TPSA) is 67.1 Å². The van der Waals surface area contributed by atoms with E-state index in [2.05, 4.69) is 31.8 Å². The third-order valence-electron chi connectivity index (χ3n) is 2.37. The van der Waals surface area contributed by atoms with Crippen LogP contribution < -0.4 is 10.6 Å². The normalized spacial score (nSPS) is 12.1. The van der Waals surface area contributed by atoms with E-state index in [-0.39, 0.29) is 0 Å². The average molecular weight is 250 g/mol. The van der Waals surface area contributed by atoms with E-state index in [0.717, 1.165) is 31.3 Å². The first-order valence-electron chi connectivity index (χ1n) is 6.24. The van der Waals surface area contributed by atoms with Gasteiger partial charge in [0.1, 0.15) is 18.7 Å². The Kier molecular flexibility index (Phi) is 6.53. The third kappa shape index (κ3) is 4.99. The molecule has 1 aromatic heterocycles. The Hall–Kier alpha value is -1.85. The standard InChI is InChI=1S/C12H22N6/c1-4-6-7-8-14-12(13-5-2)15-9-11-16-10-17-18(11)3/h4,6,10H,5,7-9H2,1-3H3,(H2,13,14,15). The summed E-state index contributed by atoms with van der Waals surface area (Å²) in [6, 6.07) is 0. The zero-order valence-corrected chi connectivity index (χ0v) is 11.3. The summed E-state index contributed by atoms with van der Waals surface area (Å²) in [7, 11) is 1.87. The highest BCUT2D eigenvalue weighted by Gasteiger charge is 2.00. The minimum Gasteiger partial charge on any atom is -0.357 e. The largest absolute Gasteiger partial charge is 0.357 e. The molecule has 1 rings (SSSR count). The molecule has 2 N–H and O–H groups in total. The summed E-state index contributed by atoms with van der Waals surface area (Å²) in [4.78, 5) is 8.60. The van der Waals surface area contributed by atoms with Gasteiger partial charge in [0.15, 0.2) is 5.96 Å². The van der Waals surface area contributed by atoms with Crippen LogP contribution in [0.15, 0.2) is 23.5 Å². The molecule has 0 bridgehead atoms. The van der Waals surface area contributed by atoms with Crippen LogP contribution in [0.1, 0.15) is 26.1 Å². The first-order chi connectivity index (χ1) is 8.77. The van der Waals surface area contributed by atoms with Gasteiger partial charge in [0.05, 0.1) is 0 Å². The molecular formula is C12H22N6. The molecule has 100 valence electrons. The number of nitrogens with one attached hydrogen (secondary N) is 2. The van der Waals surface area contributed by atoms with Crippen molar-refractivity contribution < 1.29 is 0 Å². The molecule has 0 spiro atoms. The molecule has 0 aliphatic carbocycles. The Morgan fingerprint density at radius 1 is 1.50 bits per heavy atom. The molecule has 0 fully saturated rings. The minimum absolute atomic E-state index is 0.523. The number of hydrogen-bond donors (Lipinski definition) is 2. The van der Waals surface area contributed by atoms with Crippen LogP contribution in [0.25, 0.3) is 0 Å². The molecule has 1 aromatic rings. The fourth-order valence-corrected chi connectivity index (χ4v) is 1.40. The van der Waals surface area contributed by atoms with Crippen molar-refractivity contribution in [3.8, 4) is 0 Å². The van der Waals surface area contributed by atoms with Crippen molar-refractivity contribution in [1.82, 2.24) is 25.4 Å². The zero-order chi connectivity index (χ0) is 13.2. The molecule has 0 saturated heterocycles. The van der Waals surface area contributed by atoms with Gasteiger partial charge in [-0.25, -0.2) is 9.98 Å². The highest BCUT2D eigenvalue weighted by atomic mass is 15.3. The second-order valence-electron chi connectivity index (χ2n) is 3.78. The molecule has 1 heterocycles. The van der Waals surface area contributed by atoms with E-state index in [4.69, 9.17) is 0 Å². The number of allylic oxidation sites excluding steroid dienone is 1. The Bertz CT molecular complexity index is 393. The van der Waals surface area contributed by atoms with Gasteiger partial charge in [-0.1, -0.05) is 12.2 Å². The summed E-state index contributed by atoms with van der Waals surface area (Å²) in [5, 5.41) is 10.5. The molecule has 0 atom stereocenters.